The van der Waals surface area contributed by atoms with Gasteiger partial charge in [-0.3, -0.25) is 4.79 Å². The van der Waals surface area contributed by atoms with Crippen molar-refractivity contribution in [2.45, 2.75) is 44.6 Å². The van der Waals surface area contributed by atoms with Gasteiger partial charge in [-0.1, -0.05) is 25.0 Å². The maximum absolute atomic E-state index is 12.4. The van der Waals surface area contributed by atoms with Crippen molar-refractivity contribution < 1.29 is 4.79 Å². The third-order valence-electron chi connectivity index (χ3n) is 4.37. The second-order valence-electron chi connectivity index (χ2n) is 5.44. The highest BCUT2D eigenvalue weighted by Crippen LogP contribution is 2.29. The van der Waals surface area contributed by atoms with Crippen LogP contribution in [0.4, 0.5) is 0 Å². The molecule has 0 aliphatic heterocycles. The van der Waals surface area contributed by atoms with Crippen molar-refractivity contribution in [2.24, 2.45) is 17.6 Å². The van der Waals surface area contributed by atoms with Crippen molar-refractivity contribution in [3.8, 4) is 0 Å². The Morgan fingerprint density at radius 3 is 2.59 bits per heavy atom. The van der Waals surface area contributed by atoms with Crippen LogP contribution < -0.4 is 5.73 Å². The van der Waals surface area contributed by atoms with Gasteiger partial charge in [0.05, 0.1) is 0 Å². The molecular formula is C14H24N2O. The Morgan fingerprint density at radius 2 is 1.94 bits per heavy atom. The van der Waals surface area contributed by atoms with Gasteiger partial charge in [0.1, 0.15) is 0 Å². The normalized spacial score (nSPS) is 29.5. The fourth-order valence-corrected chi connectivity index (χ4v) is 3.24. The predicted octanol–water partition coefficient (Wildman–Crippen LogP) is 1.93. The first-order valence-electron chi connectivity index (χ1n) is 6.85. The molecular weight excluding hydrogens is 212 g/mol. The minimum absolute atomic E-state index is 0.195. The van der Waals surface area contributed by atoms with Crippen molar-refractivity contribution in [3.05, 3.63) is 12.2 Å². The molecule has 0 aromatic heterocycles. The number of rotatable bonds is 3. The zero-order valence-corrected chi connectivity index (χ0v) is 10.8. The van der Waals surface area contributed by atoms with E-state index in [0.29, 0.717) is 24.4 Å². The summed E-state index contributed by atoms with van der Waals surface area (Å²) in [6.07, 6.45) is 10.9. The Morgan fingerprint density at radius 1 is 1.29 bits per heavy atom. The molecule has 96 valence electrons. The summed E-state index contributed by atoms with van der Waals surface area (Å²) in [6, 6.07) is 0.377. The highest BCUT2D eigenvalue weighted by atomic mass is 16.2. The third kappa shape index (κ3) is 2.71. The van der Waals surface area contributed by atoms with Gasteiger partial charge in [-0.2, -0.15) is 0 Å². The molecule has 17 heavy (non-hydrogen) atoms. The Kier molecular flexibility index (Phi) is 4.21. The van der Waals surface area contributed by atoms with Crippen LogP contribution in [0.1, 0.15) is 38.5 Å². The molecule has 2 unspecified atom stereocenters. The molecule has 2 aliphatic rings. The van der Waals surface area contributed by atoms with Gasteiger partial charge in [0.15, 0.2) is 0 Å². The monoisotopic (exact) mass is 236 g/mol. The summed E-state index contributed by atoms with van der Waals surface area (Å²) in [5, 5.41) is 0. The third-order valence-corrected chi connectivity index (χ3v) is 4.37. The fraction of sp³-hybridized carbons (Fsp3) is 0.786. The van der Waals surface area contributed by atoms with Crippen LogP contribution in [0.3, 0.4) is 0 Å². The zero-order valence-electron chi connectivity index (χ0n) is 10.8. The zero-order chi connectivity index (χ0) is 12.3. The molecule has 0 aromatic carbocycles. The van der Waals surface area contributed by atoms with Crippen LogP contribution >= 0.6 is 0 Å². The summed E-state index contributed by atoms with van der Waals surface area (Å²) in [5.74, 6) is 1.02. The SMILES string of the molecule is CN(C(=O)C1CC=CC1)C1CCCCC1CN. The van der Waals surface area contributed by atoms with Crippen molar-refractivity contribution in [1.82, 2.24) is 4.90 Å². The molecule has 2 rings (SSSR count). The van der Waals surface area contributed by atoms with E-state index in [1.54, 1.807) is 0 Å². The number of nitrogens with two attached hydrogens (primary N) is 1. The summed E-state index contributed by atoms with van der Waals surface area (Å²) < 4.78 is 0. The van der Waals surface area contributed by atoms with E-state index in [2.05, 4.69) is 12.2 Å². The van der Waals surface area contributed by atoms with Crippen molar-refractivity contribution >= 4 is 5.91 Å². The maximum atomic E-state index is 12.4. The highest BCUT2D eigenvalue weighted by molar-refractivity contribution is 5.79. The second kappa shape index (κ2) is 5.67. The van der Waals surface area contributed by atoms with Crippen LogP contribution in [0.5, 0.6) is 0 Å². The summed E-state index contributed by atoms with van der Waals surface area (Å²) in [6.45, 7) is 0.713. The molecule has 0 heterocycles. The topological polar surface area (TPSA) is 46.3 Å². The quantitative estimate of drug-likeness (QED) is 0.761. The summed E-state index contributed by atoms with van der Waals surface area (Å²) in [5.41, 5.74) is 5.83. The smallest absolute Gasteiger partial charge is 0.226 e. The van der Waals surface area contributed by atoms with E-state index < -0.39 is 0 Å². The number of amides is 1. The molecule has 0 aromatic rings. The minimum atomic E-state index is 0.195. The van der Waals surface area contributed by atoms with Gasteiger partial charge in [0.2, 0.25) is 5.91 Å². The number of carbonyl (C=O) groups is 1. The minimum Gasteiger partial charge on any atom is -0.342 e. The molecule has 0 bridgehead atoms. The van der Waals surface area contributed by atoms with E-state index in [0.717, 1.165) is 19.3 Å². The van der Waals surface area contributed by atoms with Crippen LogP contribution in [0.2, 0.25) is 0 Å². The molecule has 0 radical (unpaired) electrons. The standard InChI is InChI=1S/C14H24N2O/c1-16(14(17)11-6-2-3-7-11)13-9-5-4-8-12(13)10-15/h2-3,11-13H,4-10,15H2,1H3. The number of hydrogen-bond acceptors (Lipinski definition) is 2. The molecule has 0 spiro atoms. The van der Waals surface area contributed by atoms with E-state index in [9.17, 15) is 4.79 Å². The summed E-state index contributed by atoms with van der Waals surface area (Å²) in [4.78, 5) is 14.3. The molecule has 3 heteroatoms. The highest BCUT2D eigenvalue weighted by Gasteiger charge is 2.32. The molecule has 1 amide bonds. The van der Waals surface area contributed by atoms with Crippen LogP contribution in [0, 0.1) is 11.8 Å². The molecule has 1 saturated carbocycles. The number of allylic oxidation sites excluding steroid dienone is 2. The summed E-state index contributed by atoms with van der Waals surface area (Å²) in [7, 11) is 1.97. The van der Waals surface area contributed by atoms with Crippen LogP contribution in [0.25, 0.3) is 0 Å². The van der Waals surface area contributed by atoms with Crippen LogP contribution in [-0.4, -0.2) is 30.4 Å². The van der Waals surface area contributed by atoms with Gasteiger partial charge >= 0.3 is 0 Å². The fourth-order valence-electron chi connectivity index (χ4n) is 3.24. The summed E-state index contributed by atoms with van der Waals surface area (Å²) >= 11 is 0. The Hall–Kier alpha value is -0.830. The van der Waals surface area contributed by atoms with Crippen molar-refractivity contribution in [1.29, 1.82) is 0 Å². The van der Waals surface area contributed by atoms with Crippen molar-refractivity contribution in [2.75, 3.05) is 13.6 Å². The van der Waals surface area contributed by atoms with Gasteiger partial charge in [0.25, 0.3) is 0 Å². The van der Waals surface area contributed by atoms with E-state index in [-0.39, 0.29) is 5.92 Å². The number of hydrogen-bond donors (Lipinski definition) is 1. The van der Waals surface area contributed by atoms with E-state index in [1.165, 1.54) is 19.3 Å². The first-order valence-corrected chi connectivity index (χ1v) is 6.85. The Bertz CT molecular complexity index is 293. The van der Waals surface area contributed by atoms with Gasteiger partial charge in [0, 0.05) is 19.0 Å². The molecule has 1 fully saturated rings. The van der Waals surface area contributed by atoms with Crippen LogP contribution in [0.15, 0.2) is 12.2 Å². The maximum Gasteiger partial charge on any atom is 0.226 e. The lowest BCUT2D eigenvalue weighted by Crippen LogP contribution is -2.47. The average molecular weight is 236 g/mol. The molecule has 2 aliphatic carbocycles. The van der Waals surface area contributed by atoms with E-state index in [4.69, 9.17) is 5.73 Å². The van der Waals surface area contributed by atoms with Crippen LogP contribution in [-0.2, 0) is 4.79 Å². The van der Waals surface area contributed by atoms with Gasteiger partial charge in [-0.15, -0.1) is 0 Å². The predicted molar refractivity (Wildman–Crippen MR) is 69.4 cm³/mol. The molecule has 3 nitrogen and oxygen atoms in total. The van der Waals surface area contributed by atoms with Gasteiger partial charge < -0.3 is 10.6 Å². The molecule has 0 saturated heterocycles. The first kappa shape index (κ1) is 12.6. The second-order valence-corrected chi connectivity index (χ2v) is 5.44. The average Bonchev–Trinajstić information content (AvgIpc) is 2.90. The van der Waals surface area contributed by atoms with E-state index in [1.807, 2.05) is 11.9 Å². The largest absolute Gasteiger partial charge is 0.342 e. The molecule has 2 atom stereocenters. The van der Waals surface area contributed by atoms with E-state index >= 15 is 0 Å². The number of nitrogens with zero attached hydrogens (tertiary/aromatic N) is 1. The number of carbonyl (C=O) groups excluding carboxylic acids is 1. The molecule has 2 N–H and O–H groups in total. The Labute approximate surface area is 104 Å². The van der Waals surface area contributed by atoms with Gasteiger partial charge in [-0.05, 0) is 38.1 Å². The lowest BCUT2D eigenvalue weighted by atomic mass is 9.83. The van der Waals surface area contributed by atoms with Crippen molar-refractivity contribution in [3.63, 3.8) is 0 Å². The Balaban J connectivity index is 1.96. The first-order chi connectivity index (χ1) is 8.24. The van der Waals surface area contributed by atoms with Gasteiger partial charge in [-0.25, -0.2) is 0 Å². The lowest BCUT2D eigenvalue weighted by Gasteiger charge is -2.38. The lowest BCUT2D eigenvalue weighted by molar-refractivity contribution is -0.137.